The van der Waals surface area contributed by atoms with Crippen LogP contribution in [0.1, 0.15) is 21.5 Å². The second-order valence-corrected chi connectivity index (χ2v) is 9.97. The Morgan fingerprint density at radius 2 is 1.59 bits per heavy atom. The highest BCUT2D eigenvalue weighted by Gasteiger charge is 2.23. The van der Waals surface area contributed by atoms with Crippen molar-refractivity contribution in [3.05, 3.63) is 83.2 Å². The van der Waals surface area contributed by atoms with Crippen LogP contribution in [-0.2, 0) is 10.0 Å². The summed E-state index contributed by atoms with van der Waals surface area (Å²) in [6, 6.07) is 15.2. The highest BCUT2D eigenvalue weighted by molar-refractivity contribution is 7.92. The number of hydrogen-bond donors (Lipinski definition) is 2. The Morgan fingerprint density at radius 1 is 0.941 bits per heavy atom. The molecule has 178 valence electrons. The SMILES string of the molecule is Cc1cccc(N2CCN(c3ccc(NS(=O)(=O)c4ccc(F)cc4)c(C(=O)O)c3)CC2)c1C. The van der Waals surface area contributed by atoms with Gasteiger partial charge in [-0.15, -0.1) is 0 Å². The van der Waals surface area contributed by atoms with Crippen molar-refractivity contribution in [2.75, 3.05) is 40.7 Å². The number of benzene rings is 3. The van der Waals surface area contributed by atoms with Crippen LogP contribution in [0.15, 0.2) is 65.6 Å². The van der Waals surface area contributed by atoms with Gasteiger partial charge in [-0.2, -0.15) is 0 Å². The summed E-state index contributed by atoms with van der Waals surface area (Å²) >= 11 is 0. The lowest BCUT2D eigenvalue weighted by molar-refractivity contribution is 0.0698. The fourth-order valence-corrected chi connectivity index (χ4v) is 5.18. The van der Waals surface area contributed by atoms with Gasteiger partial charge in [0, 0.05) is 37.6 Å². The number of rotatable bonds is 6. The molecule has 9 heteroatoms. The smallest absolute Gasteiger partial charge is 0.337 e. The highest BCUT2D eigenvalue weighted by Crippen LogP contribution is 2.29. The third kappa shape index (κ3) is 4.84. The van der Waals surface area contributed by atoms with Gasteiger partial charge in [0.25, 0.3) is 10.0 Å². The number of sulfonamides is 1. The largest absolute Gasteiger partial charge is 0.478 e. The summed E-state index contributed by atoms with van der Waals surface area (Å²) < 4.78 is 40.8. The monoisotopic (exact) mass is 483 g/mol. The van der Waals surface area contributed by atoms with E-state index in [-0.39, 0.29) is 16.1 Å². The Bertz CT molecular complexity index is 1320. The molecule has 1 aliphatic heterocycles. The number of carboxylic acid groups (broad SMARTS) is 1. The number of halogens is 1. The summed E-state index contributed by atoms with van der Waals surface area (Å²) in [4.78, 5) is 16.2. The quantitative estimate of drug-likeness (QED) is 0.544. The van der Waals surface area contributed by atoms with E-state index in [9.17, 15) is 22.7 Å². The second-order valence-electron chi connectivity index (χ2n) is 8.29. The molecule has 0 aromatic heterocycles. The van der Waals surface area contributed by atoms with Gasteiger partial charge in [-0.25, -0.2) is 17.6 Å². The molecule has 34 heavy (non-hydrogen) atoms. The Labute approximate surface area is 198 Å². The second kappa shape index (κ2) is 9.34. The minimum absolute atomic E-state index is 0.0467. The molecule has 0 radical (unpaired) electrons. The zero-order chi connectivity index (χ0) is 24.5. The molecule has 2 N–H and O–H groups in total. The number of nitrogens with one attached hydrogen (secondary N) is 1. The first kappa shape index (κ1) is 23.6. The summed E-state index contributed by atoms with van der Waals surface area (Å²) in [7, 11) is -4.07. The standard InChI is InChI=1S/C25H26FN3O4S/c1-17-4-3-5-24(18(17)2)29-14-12-28(13-15-29)20-8-11-23(22(16-20)25(30)31)27-34(32,33)21-9-6-19(26)7-10-21/h3-11,16,27H,12-15H2,1-2H3,(H,30,31). The average Bonchev–Trinajstić information content (AvgIpc) is 2.81. The van der Waals surface area contributed by atoms with Crippen LogP contribution in [0.25, 0.3) is 0 Å². The van der Waals surface area contributed by atoms with Crippen LogP contribution < -0.4 is 14.5 Å². The number of carbonyl (C=O) groups is 1. The zero-order valence-electron chi connectivity index (χ0n) is 19.0. The molecular formula is C25H26FN3O4S. The van der Waals surface area contributed by atoms with E-state index < -0.39 is 21.8 Å². The number of carboxylic acids is 1. The first-order valence-electron chi connectivity index (χ1n) is 10.9. The molecule has 4 rings (SSSR count). The lowest BCUT2D eigenvalue weighted by Crippen LogP contribution is -2.46. The first-order valence-corrected chi connectivity index (χ1v) is 12.4. The molecule has 3 aromatic carbocycles. The van der Waals surface area contributed by atoms with Crippen molar-refractivity contribution in [1.82, 2.24) is 0 Å². The topological polar surface area (TPSA) is 90.0 Å². The van der Waals surface area contributed by atoms with Gasteiger partial charge in [0.05, 0.1) is 16.1 Å². The minimum atomic E-state index is -4.07. The van der Waals surface area contributed by atoms with Crippen molar-refractivity contribution in [3.8, 4) is 0 Å². The molecule has 1 fully saturated rings. The Morgan fingerprint density at radius 3 is 2.24 bits per heavy atom. The van der Waals surface area contributed by atoms with Crippen LogP contribution in [0.3, 0.4) is 0 Å². The fraction of sp³-hybridized carbons (Fsp3) is 0.240. The van der Waals surface area contributed by atoms with Gasteiger partial charge in [-0.05, 0) is 73.5 Å². The van der Waals surface area contributed by atoms with Crippen LogP contribution in [0.2, 0.25) is 0 Å². The van der Waals surface area contributed by atoms with E-state index in [0.717, 1.165) is 37.4 Å². The van der Waals surface area contributed by atoms with Crippen LogP contribution >= 0.6 is 0 Å². The number of aryl methyl sites for hydroxylation is 1. The third-order valence-corrected chi connectivity index (χ3v) is 7.54. The maximum Gasteiger partial charge on any atom is 0.337 e. The first-order chi connectivity index (χ1) is 16.2. The van der Waals surface area contributed by atoms with Gasteiger partial charge in [0.15, 0.2) is 0 Å². The Hall–Kier alpha value is -3.59. The summed E-state index contributed by atoms with van der Waals surface area (Å²) in [5, 5.41) is 9.73. The van der Waals surface area contributed by atoms with E-state index >= 15 is 0 Å². The Balaban J connectivity index is 1.52. The Kier molecular flexibility index (Phi) is 6.47. The van der Waals surface area contributed by atoms with Crippen LogP contribution in [-0.4, -0.2) is 45.7 Å². The minimum Gasteiger partial charge on any atom is -0.478 e. The third-order valence-electron chi connectivity index (χ3n) is 6.16. The number of hydrogen-bond acceptors (Lipinski definition) is 5. The van der Waals surface area contributed by atoms with Crippen LogP contribution in [0.4, 0.5) is 21.5 Å². The van der Waals surface area contributed by atoms with E-state index in [1.54, 1.807) is 6.07 Å². The number of anilines is 3. The average molecular weight is 484 g/mol. The zero-order valence-corrected chi connectivity index (χ0v) is 19.8. The van der Waals surface area contributed by atoms with E-state index in [1.807, 2.05) is 0 Å². The summed E-state index contributed by atoms with van der Waals surface area (Å²) in [6.45, 7) is 7.17. The van der Waals surface area contributed by atoms with E-state index in [1.165, 1.54) is 28.9 Å². The van der Waals surface area contributed by atoms with Crippen molar-refractivity contribution < 1.29 is 22.7 Å². The van der Waals surface area contributed by atoms with E-state index in [2.05, 4.69) is 46.6 Å². The summed E-state index contributed by atoms with van der Waals surface area (Å²) in [5.41, 5.74) is 4.21. The summed E-state index contributed by atoms with van der Waals surface area (Å²) in [6.07, 6.45) is 0. The molecule has 0 bridgehead atoms. The molecule has 0 atom stereocenters. The highest BCUT2D eigenvalue weighted by atomic mass is 32.2. The molecule has 0 saturated carbocycles. The van der Waals surface area contributed by atoms with Gasteiger partial charge in [-0.3, -0.25) is 4.72 Å². The van der Waals surface area contributed by atoms with Crippen molar-refractivity contribution in [3.63, 3.8) is 0 Å². The molecule has 1 aliphatic rings. The van der Waals surface area contributed by atoms with Gasteiger partial charge in [0.2, 0.25) is 0 Å². The lowest BCUT2D eigenvalue weighted by Gasteiger charge is -2.38. The molecule has 0 amide bonds. The maximum atomic E-state index is 13.2. The molecule has 1 saturated heterocycles. The molecule has 7 nitrogen and oxygen atoms in total. The van der Waals surface area contributed by atoms with Gasteiger partial charge >= 0.3 is 5.97 Å². The molecule has 0 aliphatic carbocycles. The van der Waals surface area contributed by atoms with Gasteiger partial charge in [-0.1, -0.05) is 12.1 Å². The molecule has 0 unspecified atom stereocenters. The van der Waals surface area contributed by atoms with Gasteiger partial charge in [0.1, 0.15) is 5.82 Å². The van der Waals surface area contributed by atoms with E-state index in [0.29, 0.717) is 18.8 Å². The van der Waals surface area contributed by atoms with E-state index in [4.69, 9.17) is 0 Å². The predicted molar refractivity (Wildman–Crippen MR) is 131 cm³/mol. The van der Waals surface area contributed by atoms with Gasteiger partial charge < -0.3 is 14.9 Å². The lowest BCUT2D eigenvalue weighted by atomic mass is 10.1. The number of aromatic carboxylic acids is 1. The fourth-order valence-electron chi connectivity index (χ4n) is 4.10. The van der Waals surface area contributed by atoms with Crippen molar-refractivity contribution in [2.24, 2.45) is 0 Å². The number of nitrogens with zero attached hydrogens (tertiary/aromatic N) is 2. The number of piperazine rings is 1. The maximum absolute atomic E-state index is 13.2. The van der Waals surface area contributed by atoms with Crippen molar-refractivity contribution in [2.45, 2.75) is 18.7 Å². The summed E-state index contributed by atoms with van der Waals surface area (Å²) in [5.74, 6) is -1.81. The van der Waals surface area contributed by atoms with Crippen LogP contribution in [0, 0.1) is 19.7 Å². The normalized spacial score (nSPS) is 14.2. The van der Waals surface area contributed by atoms with Crippen molar-refractivity contribution >= 4 is 33.1 Å². The van der Waals surface area contributed by atoms with Crippen molar-refractivity contribution in [1.29, 1.82) is 0 Å². The van der Waals surface area contributed by atoms with Crippen LogP contribution in [0.5, 0.6) is 0 Å². The molecule has 0 spiro atoms. The molecule has 3 aromatic rings. The predicted octanol–water partition coefficient (Wildman–Crippen LogP) is 4.27. The molecule has 1 heterocycles. The molecular weight excluding hydrogens is 457 g/mol.